The van der Waals surface area contributed by atoms with E-state index in [9.17, 15) is 0 Å². The number of thiophene rings is 1. The van der Waals surface area contributed by atoms with Crippen molar-refractivity contribution in [1.82, 2.24) is 0 Å². The zero-order chi connectivity index (χ0) is 13.1. The first kappa shape index (κ1) is 13.1. The summed E-state index contributed by atoms with van der Waals surface area (Å²) in [4.78, 5) is 2.58. The number of hydrogen-bond acceptors (Lipinski definition) is 3. The van der Waals surface area contributed by atoms with Crippen LogP contribution in [0.15, 0.2) is 30.3 Å². The highest BCUT2D eigenvalue weighted by Crippen LogP contribution is 2.33. The minimum absolute atomic E-state index is 0.113. The van der Waals surface area contributed by atoms with Gasteiger partial charge in [0, 0.05) is 15.3 Å². The average molecular weight is 261 g/mol. The molecule has 0 amide bonds. The second-order valence-corrected chi connectivity index (χ2v) is 5.78. The Hall–Kier alpha value is -1.32. The Morgan fingerprint density at radius 3 is 2.56 bits per heavy atom. The van der Waals surface area contributed by atoms with E-state index in [1.807, 2.05) is 31.2 Å². The van der Waals surface area contributed by atoms with E-state index in [0.29, 0.717) is 6.61 Å². The van der Waals surface area contributed by atoms with Crippen molar-refractivity contribution < 1.29 is 4.74 Å². The summed E-state index contributed by atoms with van der Waals surface area (Å²) >= 11 is 1.79. The maximum atomic E-state index is 6.39. The summed E-state index contributed by atoms with van der Waals surface area (Å²) in [7, 11) is 0. The molecule has 1 atom stereocenters. The van der Waals surface area contributed by atoms with Crippen LogP contribution in [0.5, 0.6) is 5.75 Å². The highest BCUT2D eigenvalue weighted by atomic mass is 32.1. The molecule has 96 valence electrons. The monoisotopic (exact) mass is 261 g/mol. The molecule has 1 aromatic carbocycles. The minimum Gasteiger partial charge on any atom is -0.494 e. The van der Waals surface area contributed by atoms with Crippen molar-refractivity contribution in [2.45, 2.75) is 26.8 Å². The molecule has 0 fully saturated rings. The van der Waals surface area contributed by atoms with Crippen LogP contribution < -0.4 is 10.5 Å². The lowest BCUT2D eigenvalue weighted by Gasteiger charge is -2.16. The fourth-order valence-corrected chi connectivity index (χ4v) is 3.12. The van der Waals surface area contributed by atoms with Gasteiger partial charge in [-0.3, -0.25) is 0 Å². The molecule has 3 heteroatoms. The number of rotatable bonds is 4. The Morgan fingerprint density at radius 1 is 1.22 bits per heavy atom. The zero-order valence-electron chi connectivity index (χ0n) is 11.1. The van der Waals surface area contributed by atoms with Gasteiger partial charge in [-0.15, -0.1) is 11.3 Å². The van der Waals surface area contributed by atoms with Crippen LogP contribution in [0, 0.1) is 13.8 Å². The van der Waals surface area contributed by atoms with Crippen LogP contribution in [-0.2, 0) is 0 Å². The Morgan fingerprint density at radius 2 is 1.94 bits per heavy atom. The van der Waals surface area contributed by atoms with Gasteiger partial charge in [0.25, 0.3) is 0 Å². The second kappa shape index (κ2) is 5.55. The predicted molar refractivity (Wildman–Crippen MR) is 77.4 cm³/mol. The predicted octanol–water partition coefficient (Wildman–Crippen LogP) is 3.81. The van der Waals surface area contributed by atoms with Gasteiger partial charge in [-0.2, -0.15) is 0 Å². The Kier molecular flexibility index (Phi) is 4.04. The van der Waals surface area contributed by atoms with Gasteiger partial charge in [0.1, 0.15) is 5.75 Å². The molecule has 1 heterocycles. The van der Waals surface area contributed by atoms with E-state index in [-0.39, 0.29) is 6.04 Å². The van der Waals surface area contributed by atoms with Gasteiger partial charge in [0.05, 0.1) is 12.6 Å². The van der Waals surface area contributed by atoms with Crippen molar-refractivity contribution in [2.75, 3.05) is 6.61 Å². The first-order valence-corrected chi connectivity index (χ1v) is 6.99. The van der Waals surface area contributed by atoms with Crippen LogP contribution in [0.25, 0.3) is 0 Å². The van der Waals surface area contributed by atoms with E-state index in [0.717, 1.165) is 11.3 Å². The third-order valence-corrected chi connectivity index (χ3v) is 3.95. The number of para-hydroxylation sites is 1. The molecular weight excluding hydrogens is 242 g/mol. The number of benzene rings is 1. The summed E-state index contributed by atoms with van der Waals surface area (Å²) < 4.78 is 5.65. The molecule has 0 saturated carbocycles. The quantitative estimate of drug-likeness (QED) is 0.908. The summed E-state index contributed by atoms with van der Waals surface area (Å²) in [5, 5.41) is 0. The van der Waals surface area contributed by atoms with Crippen molar-refractivity contribution in [1.29, 1.82) is 0 Å². The van der Waals surface area contributed by atoms with Crippen molar-refractivity contribution in [2.24, 2.45) is 5.73 Å². The van der Waals surface area contributed by atoms with Gasteiger partial charge >= 0.3 is 0 Å². The molecule has 18 heavy (non-hydrogen) atoms. The molecule has 0 aliphatic heterocycles. The van der Waals surface area contributed by atoms with E-state index in [1.54, 1.807) is 11.3 Å². The van der Waals surface area contributed by atoms with Crippen molar-refractivity contribution in [3.8, 4) is 5.75 Å². The maximum absolute atomic E-state index is 6.39. The maximum Gasteiger partial charge on any atom is 0.124 e. The fourth-order valence-electron chi connectivity index (χ4n) is 2.15. The van der Waals surface area contributed by atoms with Crippen LogP contribution in [0.4, 0.5) is 0 Å². The standard InChI is InChI=1S/C15H19NOS/c1-4-17-14-8-6-5-7-12(14)15(16)13-9-10(2)18-11(13)3/h5-9,15H,4,16H2,1-3H3. The SMILES string of the molecule is CCOc1ccccc1C(N)c1cc(C)sc1C. The highest BCUT2D eigenvalue weighted by molar-refractivity contribution is 7.12. The molecule has 0 bridgehead atoms. The third kappa shape index (κ3) is 2.57. The first-order valence-electron chi connectivity index (χ1n) is 6.17. The normalized spacial score (nSPS) is 12.4. The first-order chi connectivity index (χ1) is 8.63. The molecule has 1 unspecified atom stereocenters. The van der Waals surface area contributed by atoms with Gasteiger partial charge in [-0.1, -0.05) is 18.2 Å². The van der Waals surface area contributed by atoms with E-state index in [2.05, 4.69) is 19.9 Å². The number of ether oxygens (including phenoxy) is 1. The van der Waals surface area contributed by atoms with Crippen molar-refractivity contribution in [3.05, 3.63) is 51.2 Å². The summed E-state index contributed by atoms with van der Waals surface area (Å²) in [6, 6.07) is 10.1. The fraction of sp³-hybridized carbons (Fsp3) is 0.333. The van der Waals surface area contributed by atoms with Gasteiger partial charge in [-0.25, -0.2) is 0 Å². The lowest BCUT2D eigenvalue weighted by atomic mass is 9.99. The summed E-state index contributed by atoms with van der Waals surface area (Å²) in [5.74, 6) is 0.885. The highest BCUT2D eigenvalue weighted by Gasteiger charge is 2.17. The van der Waals surface area contributed by atoms with Crippen LogP contribution in [-0.4, -0.2) is 6.61 Å². The lowest BCUT2D eigenvalue weighted by molar-refractivity contribution is 0.335. The lowest BCUT2D eigenvalue weighted by Crippen LogP contribution is -2.13. The van der Waals surface area contributed by atoms with E-state index in [1.165, 1.54) is 15.3 Å². The molecule has 0 saturated heterocycles. The molecule has 0 aliphatic carbocycles. The summed E-state index contributed by atoms with van der Waals surface area (Å²) in [6.45, 7) is 6.88. The van der Waals surface area contributed by atoms with Gasteiger partial charge in [0.15, 0.2) is 0 Å². The van der Waals surface area contributed by atoms with E-state index in [4.69, 9.17) is 10.5 Å². The molecular formula is C15H19NOS. The zero-order valence-corrected chi connectivity index (χ0v) is 11.9. The van der Waals surface area contributed by atoms with Gasteiger partial charge < -0.3 is 10.5 Å². The minimum atomic E-state index is -0.113. The Balaban J connectivity index is 2.39. The average Bonchev–Trinajstić information content (AvgIpc) is 2.69. The van der Waals surface area contributed by atoms with Crippen molar-refractivity contribution >= 4 is 11.3 Å². The molecule has 0 aliphatic rings. The van der Waals surface area contributed by atoms with Gasteiger partial charge in [0.2, 0.25) is 0 Å². The second-order valence-electron chi connectivity index (χ2n) is 4.32. The molecule has 0 spiro atoms. The molecule has 0 radical (unpaired) electrons. The van der Waals surface area contributed by atoms with Crippen LogP contribution >= 0.6 is 11.3 Å². The Labute approximate surface area is 112 Å². The van der Waals surface area contributed by atoms with E-state index >= 15 is 0 Å². The Bertz CT molecular complexity index is 533. The summed E-state index contributed by atoms with van der Waals surface area (Å²) in [6.07, 6.45) is 0. The van der Waals surface area contributed by atoms with E-state index < -0.39 is 0 Å². The molecule has 2 aromatic rings. The van der Waals surface area contributed by atoms with Gasteiger partial charge in [-0.05, 0) is 38.5 Å². The summed E-state index contributed by atoms with van der Waals surface area (Å²) in [5.41, 5.74) is 8.64. The van der Waals surface area contributed by atoms with Crippen LogP contribution in [0.2, 0.25) is 0 Å². The molecule has 2 nitrogen and oxygen atoms in total. The smallest absolute Gasteiger partial charge is 0.124 e. The molecule has 1 aromatic heterocycles. The van der Waals surface area contributed by atoms with Crippen LogP contribution in [0.1, 0.15) is 33.8 Å². The van der Waals surface area contributed by atoms with Crippen LogP contribution in [0.3, 0.4) is 0 Å². The third-order valence-electron chi connectivity index (χ3n) is 2.97. The largest absolute Gasteiger partial charge is 0.494 e. The number of hydrogen-bond donors (Lipinski definition) is 1. The number of aryl methyl sites for hydroxylation is 2. The molecule has 2 N–H and O–H groups in total. The van der Waals surface area contributed by atoms with Crippen molar-refractivity contribution in [3.63, 3.8) is 0 Å². The molecule has 2 rings (SSSR count). The topological polar surface area (TPSA) is 35.2 Å². The number of nitrogens with two attached hydrogens (primary N) is 1.